The van der Waals surface area contributed by atoms with Gasteiger partial charge in [0.1, 0.15) is 17.4 Å². The van der Waals surface area contributed by atoms with Crippen LogP contribution in [0.3, 0.4) is 0 Å². The van der Waals surface area contributed by atoms with Crippen LogP contribution >= 0.6 is 0 Å². The molecule has 3 rings (SSSR count). The summed E-state index contributed by atoms with van der Waals surface area (Å²) in [5.74, 6) is 0.120. The van der Waals surface area contributed by atoms with Gasteiger partial charge in [-0.25, -0.2) is 0 Å². The van der Waals surface area contributed by atoms with E-state index in [0.29, 0.717) is 29.4 Å². The van der Waals surface area contributed by atoms with Gasteiger partial charge in [-0.2, -0.15) is 0 Å². The normalized spacial score (nSPS) is 17.9. The number of ketones is 1. The zero-order valence-corrected chi connectivity index (χ0v) is 19.0. The molecule has 0 saturated heterocycles. The van der Waals surface area contributed by atoms with Crippen LogP contribution in [0.2, 0.25) is 0 Å². The molecule has 0 heterocycles. The van der Waals surface area contributed by atoms with Crippen molar-refractivity contribution in [2.45, 2.75) is 19.3 Å². The SMILES string of the molecule is CCOC(=O)C1C(=O)C=C(c2cc(OC)cc(OC)c2)CC1c1ccc(OC)c(OC)c1. The summed E-state index contributed by atoms with van der Waals surface area (Å²) < 4.78 is 26.8. The van der Waals surface area contributed by atoms with Gasteiger partial charge in [-0.05, 0) is 60.4 Å². The number of carbonyl (C=O) groups excluding carboxylic acids is 2. The maximum atomic E-state index is 13.2. The van der Waals surface area contributed by atoms with Crippen molar-refractivity contribution in [1.29, 1.82) is 0 Å². The Bertz CT molecular complexity index is 1000. The second-order valence-electron chi connectivity index (χ2n) is 7.33. The first kappa shape index (κ1) is 23.2. The number of methoxy groups -OCH3 is 4. The minimum absolute atomic E-state index is 0.199. The van der Waals surface area contributed by atoms with Crippen LogP contribution in [-0.4, -0.2) is 46.8 Å². The van der Waals surface area contributed by atoms with Crippen molar-refractivity contribution < 1.29 is 33.3 Å². The first-order chi connectivity index (χ1) is 15.4. The van der Waals surface area contributed by atoms with E-state index < -0.39 is 17.8 Å². The lowest BCUT2D eigenvalue weighted by atomic mass is 9.73. The Morgan fingerprint density at radius 2 is 1.56 bits per heavy atom. The number of benzene rings is 2. The molecule has 0 aliphatic heterocycles. The third-order valence-corrected chi connectivity index (χ3v) is 5.56. The molecule has 0 radical (unpaired) electrons. The lowest BCUT2D eigenvalue weighted by Gasteiger charge is -2.30. The second-order valence-corrected chi connectivity index (χ2v) is 7.33. The first-order valence-electron chi connectivity index (χ1n) is 10.3. The minimum atomic E-state index is -0.940. The molecule has 0 aromatic heterocycles. The van der Waals surface area contributed by atoms with Gasteiger partial charge < -0.3 is 23.7 Å². The molecule has 32 heavy (non-hydrogen) atoms. The second kappa shape index (κ2) is 10.2. The highest BCUT2D eigenvalue weighted by Crippen LogP contribution is 2.43. The summed E-state index contributed by atoms with van der Waals surface area (Å²) >= 11 is 0. The molecule has 0 bridgehead atoms. The molecule has 0 amide bonds. The lowest BCUT2D eigenvalue weighted by molar-refractivity contribution is -0.151. The van der Waals surface area contributed by atoms with E-state index >= 15 is 0 Å². The lowest BCUT2D eigenvalue weighted by Crippen LogP contribution is -2.34. The average Bonchev–Trinajstić information content (AvgIpc) is 2.82. The van der Waals surface area contributed by atoms with Gasteiger partial charge >= 0.3 is 5.97 Å². The van der Waals surface area contributed by atoms with Gasteiger partial charge in [0.2, 0.25) is 0 Å². The van der Waals surface area contributed by atoms with Crippen molar-refractivity contribution in [1.82, 2.24) is 0 Å². The Kier molecular flexibility index (Phi) is 7.41. The maximum Gasteiger partial charge on any atom is 0.317 e. The van der Waals surface area contributed by atoms with Gasteiger partial charge in [-0.3, -0.25) is 9.59 Å². The number of hydrogen-bond donors (Lipinski definition) is 0. The van der Waals surface area contributed by atoms with Crippen molar-refractivity contribution in [2.24, 2.45) is 5.92 Å². The summed E-state index contributed by atoms with van der Waals surface area (Å²) in [5.41, 5.74) is 2.37. The van der Waals surface area contributed by atoms with Crippen molar-refractivity contribution in [3.05, 3.63) is 53.6 Å². The van der Waals surface area contributed by atoms with Crippen molar-refractivity contribution in [2.75, 3.05) is 35.0 Å². The summed E-state index contributed by atoms with van der Waals surface area (Å²) in [6.45, 7) is 1.92. The Morgan fingerprint density at radius 3 is 2.12 bits per heavy atom. The van der Waals surface area contributed by atoms with E-state index in [1.54, 1.807) is 53.6 Å². The minimum Gasteiger partial charge on any atom is -0.497 e. The van der Waals surface area contributed by atoms with Gasteiger partial charge in [0, 0.05) is 12.0 Å². The number of allylic oxidation sites excluding steroid dienone is 2. The molecule has 1 aliphatic carbocycles. The van der Waals surface area contributed by atoms with Crippen LogP contribution in [0.5, 0.6) is 23.0 Å². The third-order valence-electron chi connectivity index (χ3n) is 5.56. The predicted molar refractivity (Wildman–Crippen MR) is 120 cm³/mol. The fraction of sp³-hybridized carbons (Fsp3) is 0.360. The average molecular weight is 440 g/mol. The van der Waals surface area contributed by atoms with Crippen LogP contribution < -0.4 is 18.9 Å². The van der Waals surface area contributed by atoms with E-state index in [2.05, 4.69) is 0 Å². The molecule has 0 saturated carbocycles. The van der Waals surface area contributed by atoms with Gasteiger partial charge in [0.25, 0.3) is 0 Å². The maximum absolute atomic E-state index is 13.2. The summed E-state index contributed by atoms with van der Waals surface area (Å²) in [7, 11) is 6.24. The highest BCUT2D eigenvalue weighted by molar-refractivity contribution is 6.10. The summed E-state index contributed by atoms with van der Waals surface area (Å²) in [5, 5.41) is 0. The van der Waals surface area contributed by atoms with E-state index in [9.17, 15) is 9.59 Å². The van der Waals surface area contributed by atoms with Crippen LogP contribution in [0.1, 0.15) is 30.4 Å². The van der Waals surface area contributed by atoms with Crippen LogP contribution in [0, 0.1) is 5.92 Å². The van der Waals surface area contributed by atoms with Crippen molar-refractivity contribution >= 4 is 17.3 Å². The van der Waals surface area contributed by atoms with Gasteiger partial charge in [-0.15, -0.1) is 0 Å². The molecule has 170 valence electrons. The zero-order valence-electron chi connectivity index (χ0n) is 19.0. The highest BCUT2D eigenvalue weighted by Gasteiger charge is 2.40. The van der Waals surface area contributed by atoms with Gasteiger partial charge in [0.15, 0.2) is 17.3 Å². The molecule has 7 heteroatoms. The molecule has 2 aromatic rings. The largest absolute Gasteiger partial charge is 0.497 e. The standard InChI is InChI=1S/C25H28O7/c1-6-32-25(27)24-20(15-7-8-22(30-4)23(13-15)31-5)11-17(12-21(24)26)16-9-18(28-2)14-19(10-16)29-3/h7-10,12-14,20,24H,6,11H2,1-5H3. The number of hydrogen-bond acceptors (Lipinski definition) is 7. The monoisotopic (exact) mass is 440 g/mol. The quantitative estimate of drug-likeness (QED) is 0.453. The van der Waals surface area contributed by atoms with E-state index in [0.717, 1.165) is 16.7 Å². The highest BCUT2D eigenvalue weighted by atomic mass is 16.5. The molecule has 0 fully saturated rings. The molecule has 1 aliphatic rings. The summed E-state index contributed by atoms with van der Waals surface area (Å²) in [6, 6.07) is 10.9. The van der Waals surface area contributed by atoms with E-state index in [-0.39, 0.29) is 12.4 Å². The van der Waals surface area contributed by atoms with Crippen molar-refractivity contribution in [3.63, 3.8) is 0 Å². The summed E-state index contributed by atoms with van der Waals surface area (Å²) in [4.78, 5) is 25.9. The molecule has 7 nitrogen and oxygen atoms in total. The van der Waals surface area contributed by atoms with Gasteiger partial charge in [-0.1, -0.05) is 6.07 Å². The molecule has 2 aromatic carbocycles. The molecular weight excluding hydrogens is 412 g/mol. The van der Waals surface area contributed by atoms with E-state index in [1.807, 2.05) is 18.2 Å². The zero-order chi connectivity index (χ0) is 23.3. The molecule has 0 N–H and O–H groups in total. The molecule has 2 unspecified atom stereocenters. The fourth-order valence-corrected chi connectivity index (χ4v) is 3.97. The van der Waals surface area contributed by atoms with E-state index in [1.165, 1.54) is 6.08 Å². The Labute approximate surface area is 187 Å². The van der Waals surface area contributed by atoms with Crippen LogP contribution in [0.15, 0.2) is 42.5 Å². The Balaban J connectivity index is 2.09. The smallest absolute Gasteiger partial charge is 0.317 e. The third kappa shape index (κ3) is 4.72. The first-order valence-corrected chi connectivity index (χ1v) is 10.3. The van der Waals surface area contributed by atoms with Crippen LogP contribution in [0.4, 0.5) is 0 Å². The van der Waals surface area contributed by atoms with E-state index in [4.69, 9.17) is 23.7 Å². The Hall–Kier alpha value is -3.48. The van der Waals surface area contributed by atoms with Gasteiger partial charge in [0.05, 0.1) is 35.0 Å². The molecule has 2 atom stereocenters. The van der Waals surface area contributed by atoms with Crippen LogP contribution in [0.25, 0.3) is 5.57 Å². The molecule has 0 spiro atoms. The number of carbonyl (C=O) groups is 2. The van der Waals surface area contributed by atoms with Crippen molar-refractivity contribution in [3.8, 4) is 23.0 Å². The predicted octanol–water partition coefficient (Wildman–Crippen LogP) is 4.04. The summed E-state index contributed by atoms with van der Waals surface area (Å²) in [6.07, 6.45) is 1.97. The number of ether oxygens (including phenoxy) is 5. The number of esters is 1. The number of rotatable bonds is 8. The molecular formula is C25H28O7. The fourth-order valence-electron chi connectivity index (χ4n) is 3.97. The topological polar surface area (TPSA) is 80.3 Å². The Morgan fingerprint density at radius 1 is 0.906 bits per heavy atom. The van der Waals surface area contributed by atoms with Crippen LogP contribution in [-0.2, 0) is 14.3 Å².